The summed E-state index contributed by atoms with van der Waals surface area (Å²) in [6.45, 7) is 3.44. The average molecular weight is 351 g/mol. The van der Waals surface area contributed by atoms with Gasteiger partial charge in [-0.2, -0.15) is 0 Å². The predicted molar refractivity (Wildman–Crippen MR) is 86.1 cm³/mol. The number of ether oxygens (including phenoxy) is 1. The van der Waals surface area contributed by atoms with Gasteiger partial charge >= 0.3 is 11.9 Å². The van der Waals surface area contributed by atoms with E-state index >= 15 is 0 Å². The monoisotopic (exact) mass is 351 g/mol. The number of carbonyl (C=O) groups excluding carboxylic acids is 2. The number of rotatable bonds is 4. The van der Waals surface area contributed by atoms with Crippen molar-refractivity contribution in [3.8, 4) is 0 Å². The molecule has 2 amide bonds. The van der Waals surface area contributed by atoms with Crippen molar-refractivity contribution >= 4 is 17.8 Å². The number of nitro groups is 1. The Hall–Kier alpha value is -2.65. The molecule has 0 radical (unpaired) electrons. The third-order valence-electron chi connectivity index (χ3n) is 4.86. The molecule has 2 aliphatic heterocycles. The van der Waals surface area contributed by atoms with E-state index in [9.17, 15) is 19.7 Å². The highest BCUT2D eigenvalue weighted by atomic mass is 16.6. The van der Waals surface area contributed by atoms with E-state index in [1.54, 1.807) is 9.80 Å². The zero-order chi connectivity index (χ0) is 18.1. The Balaban J connectivity index is 1.64. The molecular formula is C15H21N5O5. The van der Waals surface area contributed by atoms with Gasteiger partial charge in [0.2, 0.25) is 0 Å². The number of nitrogens with zero attached hydrogens (tertiary/aromatic N) is 5. The minimum Gasteiger partial charge on any atom is -0.444 e. The standard InChI is InChI=1S/C15H21N5O5/c1-3-11-9-19(15(22)25-11)10-4-6-18(7-5-10)14(21)12-8-16-17(2)13(12)20(23)24/h8,10-11H,3-7,9H2,1-2H3. The molecule has 3 heterocycles. The molecule has 0 saturated carbocycles. The maximum absolute atomic E-state index is 12.6. The molecule has 1 aromatic rings. The summed E-state index contributed by atoms with van der Waals surface area (Å²) < 4.78 is 6.37. The minimum atomic E-state index is -0.599. The van der Waals surface area contributed by atoms with E-state index < -0.39 is 10.8 Å². The van der Waals surface area contributed by atoms with Crippen LogP contribution in [0.5, 0.6) is 0 Å². The fourth-order valence-electron chi connectivity index (χ4n) is 3.40. The zero-order valence-electron chi connectivity index (χ0n) is 14.3. The number of cyclic esters (lactones) is 1. The normalized spacial score (nSPS) is 21.5. The smallest absolute Gasteiger partial charge is 0.410 e. The summed E-state index contributed by atoms with van der Waals surface area (Å²) in [6.07, 6.45) is 2.92. The molecule has 0 N–H and O–H groups in total. The van der Waals surface area contributed by atoms with Crippen LogP contribution in [0.15, 0.2) is 6.20 Å². The zero-order valence-corrected chi connectivity index (χ0v) is 14.3. The number of hydrogen-bond acceptors (Lipinski definition) is 6. The first-order valence-electron chi connectivity index (χ1n) is 8.35. The predicted octanol–water partition coefficient (Wildman–Crippen LogP) is 1.16. The van der Waals surface area contributed by atoms with Crippen LogP contribution < -0.4 is 0 Å². The molecule has 0 bridgehead atoms. The van der Waals surface area contributed by atoms with Gasteiger partial charge in [0.05, 0.1) is 12.7 Å². The summed E-state index contributed by atoms with van der Waals surface area (Å²) in [7, 11) is 1.43. The minimum absolute atomic E-state index is 0.00224. The molecule has 1 unspecified atom stereocenters. The summed E-state index contributed by atoms with van der Waals surface area (Å²) in [5.41, 5.74) is -0.00224. The van der Waals surface area contributed by atoms with E-state index in [-0.39, 0.29) is 29.6 Å². The summed E-state index contributed by atoms with van der Waals surface area (Å²) in [5, 5.41) is 14.9. The van der Waals surface area contributed by atoms with Crippen molar-refractivity contribution in [3.63, 3.8) is 0 Å². The van der Waals surface area contributed by atoms with Crippen LogP contribution in [0.25, 0.3) is 0 Å². The van der Waals surface area contributed by atoms with E-state index in [0.717, 1.165) is 11.1 Å². The van der Waals surface area contributed by atoms with E-state index in [1.807, 2.05) is 6.92 Å². The van der Waals surface area contributed by atoms with Crippen molar-refractivity contribution in [1.29, 1.82) is 0 Å². The number of likely N-dealkylation sites (tertiary alicyclic amines) is 1. The maximum atomic E-state index is 12.6. The highest BCUT2D eigenvalue weighted by Gasteiger charge is 2.38. The maximum Gasteiger partial charge on any atom is 0.410 e. The number of aromatic nitrogens is 2. The highest BCUT2D eigenvalue weighted by molar-refractivity contribution is 5.97. The molecule has 1 atom stereocenters. The number of aryl methyl sites for hydroxylation is 1. The van der Waals surface area contributed by atoms with Crippen LogP contribution in [0.2, 0.25) is 0 Å². The Morgan fingerprint density at radius 3 is 2.68 bits per heavy atom. The molecular weight excluding hydrogens is 330 g/mol. The summed E-state index contributed by atoms with van der Waals surface area (Å²) in [6, 6.07) is 0.0389. The molecule has 2 aliphatic rings. The van der Waals surface area contributed by atoms with Crippen LogP contribution in [0.4, 0.5) is 10.6 Å². The van der Waals surface area contributed by atoms with Crippen molar-refractivity contribution < 1.29 is 19.2 Å². The first kappa shape index (κ1) is 17.2. The van der Waals surface area contributed by atoms with Crippen molar-refractivity contribution in [3.05, 3.63) is 21.9 Å². The lowest BCUT2D eigenvalue weighted by Crippen LogP contribution is -2.47. The van der Waals surface area contributed by atoms with Crippen molar-refractivity contribution in [2.45, 2.75) is 38.3 Å². The molecule has 2 fully saturated rings. The lowest BCUT2D eigenvalue weighted by molar-refractivity contribution is -0.392. The van der Waals surface area contributed by atoms with E-state index in [0.29, 0.717) is 32.5 Å². The van der Waals surface area contributed by atoms with Gasteiger partial charge in [-0.25, -0.2) is 4.79 Å². The molecule has 1 aromatic heterocycles. The fourth-order valence-corrected chi connectivity index (χ4v) is 3.40. The van der Waals surface area contributed by atoms with Crippen molar-refractivity contribution in [1.82, 2.24) is 19.6 Å². The Bertz CT molecular complexity index is 694. The third kappa shape index (κ3) is 3.15. The van der Waals surface area contributed by atoms with E-state index in [1.165, 1.54) is 13.2 Å². The fraction of sp³-hybridized carbons (Fsp3) is 0.667. The number of piperidine rings is 1. The number of amides is 2. The Morgan fingerprint density at radius 2 is 2.12 bits per heavy atom. The van der Waals surface area contributed by atoms with Crippen LogP contribution in [-0.2, 0) is 11.8 Å². The van der Waals surface area contributed by atoms with Crippen LogP contribution in [0, 0.1) is 10.1 Å². The summed E-state index contributed by atoms with van der Waals surface area (Å²) in [5.74, 6) is -0.699. The van der Waals surface area contributed by atoms with Crippen LogP contribution in [-0.4, -0.2) is 68.3 Å². The molecule has 3 rings (SSSR count). The van der Waals surface area contributed by atoms with E-state index in [2.05, 4.69) is 5.10 Å². The lowest BCUT2D eigenvalue weighted by Gasteiger charge is -2.35. The van der Waals surface area contributed by atoms with Gasteiger partial charge in [-0.1, -0.05) is 12.0 Å². The lowest BCUT2D eigenvalue weighted by atomic mass is 10.0. The molecule has 25 heavy (non-hydrogen) atoms. The summed E-state index contributed by atoms with van der Waals surface area (Å²) in [4.78, 5) is 38.4. The van der Waals surface area contributed by atoms with Gasteiger partial charge in [0.1, 0.15) is 13.2 Å². The highest BCUT2D eigenvalue weighted by Crippen LogP contribution is 2.26. The van der Waals surface area contributed by atoms with Gasteiger partial charge in [0.15, 0.2) is 5.56 Å². The first-order valence-corrected chi connectivity index (χ1v) is 8.35. The van der Waals surface area contributed by atoms with Crippen molar-refractivity contribution in [2.75, 3.05) is 19.6 Å². The molecule has 10 heteroatoms. The Kier molecular flexibility index (Phi) is 4.60. The Morgan fingerprint density at radius 1 is 1.44 bits per heavy atom. The molecule has 0 spiro atoms. The Labute approximate surface area is 144 Å². The number of carbonyl (C=O) groups is 2. The van der Waals surface area contributed by atoms with Gasteiger partial charge in [-0.3, -0.25) is 4.79 Å². The van der Waals surface area contributed by atoms with Crippen LogP contribution >= 0.6 is 0 Å². The van der Waals surface area contributed by atoms with Crippen LogP contribution in [0.3, 0.4) is 0 Å². The topological polar surface area (TPSA) is 111 Å². The SMILES string of the molecule is CCC1CN(C2CCN(C(=O)c3cnn(C)c3[N+](=O)[O-])CC2)C(=O)O1. The van der Waals surface area contributed by atoms with Gasteiger partial charge in [-0.15, -0.1) is 4.68 Å². The molecule has 0 aliphatic carbocycles. The van der Waals surface area contributed by atoms with Gasteiger partial charge in [0, 0.05) is 19.1 Å². The molecule has 0 aromatic carbocycles. The van der Waals surface area contributed by atoms with E-state index in [4.69, 9.17) is 4.74 Å². The average Bonchev–Trinajstić information content (AvgIpc) is 3.17. The summed E-state index contributed by atoms with van der Waals surface area (Å²) >= 11 is 0. The second-order valence-corrected chi connectivity index (χ2v) is 6.35. The van der Waals surface area contributed by atoms with Gasteiger partial charge in [0.25, 0.3) is 5.91 Å². The van der Waals surface area contributed by atoms with Gasteiger partial charge in [-0.05, 0) is 24.2 Å². The number of hydrogen-bond donors (Lipinski definition) is 0. The molecule has 2 saturated heterocycles. The molecule has 10 nitrogen and oxygen atoms in total. The molecule has 136 valence electrons. The second kappa shape index (κ2) is 6.69. The van der Waals surface area contributed by atoms with Crippen LogP contribution in [0.1, 0.15) is 36.5 Å². The van der Waals surface area contributed by atoms with Crippen molar-refractivity contribution in [2.24, 2.45) is 7.05 Å². The third-order valence-corrected chi connectivity index (χ3v) is 4.86. The largest absolute Gasteiger partial charge is 0.444 e. The second-order valence-electron chi connectivity index (χ2n) is 6.35. The van der Waals surface area contributed by atoms with Gasteiger partial charge < -0.3 is 24.7 Å². The first-order chi connectivity index (χ1) is 11.9. The quantitative estimate of drug-likeness (QED) is 0.594.